The Morgan fingerprint density at radius 3 is 2.08 bits per heavy atom. The lowest BCUT2D eigenvalue weighted by Crippen LogP contribution is -2.43. The number of hydrogen-bond donors (Lipinski definition) is 0. The van der Waals surface area contributed by atoms with Crippen molar-refractivity contribution in [2.45, 2.75) is 47.0 Å². The van der Waals surface area contributed by atoms with Crippen LogP contribution in [0.15, 0.2) is 0 Å². The summed E-state index contributed by atoms with van der Waals surface area (Å²) >= 11 is 0. The van der Waals surface area contributed by atoms with Crippen LogP contribution < -0.4 is 0 Å². The molecule has 0 radical (unpaired) electrons. The molecular formula is C12H24O. The molecule has 0 saturated carbocycles. The zero-order valence-electron chi connectivity index (χ0n) is 9.60. The van der Waals surface area contributed by atoms with Crippen LogP contribution in [0.25, 0.3) is 0 Å². The predicted octanol–water partition coefficient (Wildman–Crippen LogP) is 3.49. The third kappa shape index (κ3) is 2.46. The van der Waals surface area contributed by atoms with E-state index in [1.54, 1.807) is 0 Å². The van der Waals surface area contributed by atoms with Gasteiger partial charge >= 0.3 is 0 Å². The molecule has 1 rings (SSSR count). The van der Waals surface area contributed by atoms with E-state index >= 15 is 0 Å². The molecule has 0 aliphatic carbocycles. The Hall–Kier alpha value is -0.0400. The Balaban J connectivity index is 2.37. The van der Waals surface area contributed by atoms with E-state index in [1.165, 1.54) is 19.3 Å². The highest BCUT2D eigenvalue weighted by atomic mass is 16.5. The van der Waals surface area contributed by atoms with Crippen molar-refractivity contribution in [2.24, 2.45) is 17.3 Å². The first-order valence-corrected chi connectivity index (χ1v) is 5.71. The lowest BCUT2D eigenvalue weighted by atomic mass is 9.72. The van der Waals surface area contributed by atoms with Crippen molar-refractivity contribution in [1.29, 1.82) is 0 Å². The van der Waals surface area contributed by atoms with Crippen molar-refractivity contribution in [1.82, 2.24) is 0 Å². The maximum absolute atomic E-state index is 5.34. The second-order valence-electron chi connectivity index (χ2n) is 4.91. The summed E-state index contributed by atoms with van der Waals surface area (Å²) in [5.41, 5.74) is 0.544. The highest BCUT2D eigenvalue weighted by Gasteiger charge is 2.38. The normalized spacial score (nSPS) is 24.9. The molecule has 1 saturated heterocycles. The molecule has 1 heteroatoms. The van der Waals surface area contributed by atoms with Gasteiger partial charge in [0.05, 0.1) is 13.2 Å². The molecule has 1 heterocycles. The summed E-state index contributed by atoms with van der Waals surface area (Å²) in [5, 5.41) is 0. The number of hydrogen-bond acceptors (Lipinski definition) is 1. The smallest absolute Gasteiger partial charge is 0.0544 e. The van der Waals surface area contributed by atoms with Crippen LogP contribution in [-0.2, 0) is 4.74 Å². The standard InChI is InChI=1S/C12H24O/c1-5-10(3)11(4)7-12(6-2)8-13-9-12/h10-11H,5-9H2,1-4H3. The fourth-order valence-electron chi connectivity index (χ4n) is 2.14. The van der Waals surface area contributed by atoms with E-state index in [0.717, 1.165) is 25.0 Å². The third-order valence-corrected chi connectivity index (χ3v) is 3.94. The molecule has 2 atom stereocenters. The molecule has 0 spiro atoms. The zero-order chi connectivity index (χ0) is 9.90. The van der Waals surface area contributed by atoms with Crippen molar-refractivity contribution < 1.29 is 4.74 Å². The van der Waals surface area contributed by atoms with Gasteiger partial charge in [-0.05, 0) is 24.7 Å². The average molecular weight is 184 g/mol. The number of rotatable bonds is 5. The molecule has 0 amide bonds. The van der Waals surface area contributed by atoms with Crippen molar-refractivity contribution in [2.75, 3.05) is 13.2 Å². The molecule has 13 heavy (non-hydrogen) atoms. The van der Waals surface area contributed by atoms with Gasteiger partial charge in [0, 0.05) is 5.41 Å². The summed E-state index contributed by atoms with van der Waals surface area (Å²) in [6.07, 6.45) is 3.95. The largest absolute Gasteiger partial charge is 0.380 e. The van der Waals surface area contributed by atoms with Gasteiger partial charge in [-0.1, -0.05) is 34.1 Å². The number of ether oxygens (including phenoxy) is 1. The molecule has 0 bridgehead atoms. The fraction of sp³-hybridized carbons (Fsp3) is 1.00. The second kappa shape index (κ2) is 4.45. The van der Waals surface area contributed by atoms with E-state index in [4.69, 9.17) is 4.74 Å². The minimum absolute atomic E-state index is 0.544. The highest BCUT2D eigenvalue weighted by molar-refractivity contribution is 4.86. The van der Waals surface area contributed by atoms with Crippen LogP contribution in [0.5, 0.6) is 0 Å². The summed E-state index contributed by atoms with van der Waals surface area (Å²) in [7, 11) is 0. The lowest BCUT2D eigenvalue weighted by Gasteiger charge is -2.43. The van der Waals surface area contributed by atoms with Gasteiger partial charge in [0.25, 0.3) is 0 Å². The Bertz CT molecular complexity index is 144. The van der Waals surface area contributed by atoms with Gasteiger partial charge in [0.1, 0.15) is 0 Å². The van der Waals surface area contributed by atoms with Crippen LogP contribution in [0.2, 0.25) is 0 Å². The Labute approximate surface area is 82.9 Å². The molecule has 0 aromatic heterocycles. The molecule has 1 nitrogen and oxygen atoms in total. The van der Waals surface area contributed by atoms with Crippen molar-refractivity contribution in [3.05, 3.63) is 0 Å². The summed E-state index contributed by atoms with van der Waals surface area (Å²) in [5.74, 6) is 1.72. The summed E-state index contributed by atoms with van der Waals surface area (Å²) in [6, 6.07) is 0. The molecule has 0 aromatic carbocycles. The summed E-state index contributed by atoms with van der Waals surface area (Å²) in [6.45, 7) is 11.4. The van der Waals surface area contributed by atoms with Gasteiger partial charge in [-0.15, -0.1) is 0 Å². The van der Waals surface area contributed by atoms with Crippen LogP contribution in [0.4, 0.5) is 0 Å². The Morgan fingerprint density at radius 2 is 1.77 bits per heavy atom. The molecule has 0 N–H and O–H groups in total. The SMILES string of the molecule is CCC(C)C(C)CC1(CC)COC1. The van der Waals surface area contributed by atoms with Gasteiger partial charge in [-0.3, -0.25) is 0 Å². The fourth-order valence-corrected chi connectivity index (χ4v) is 2.14. The van der Waals surface area contributed by atoms with Gasteiger partial charge in [0.15, 0.2) is 0 Å². The molecule has 0 aromatic rings. The van der Waals surface area contributed by atoms with Crippen LogP contribution in [-0.4, -0.2) is 13.2 Å². The molecule has 78 valence electrons. The molecule has 2 unspecified atom stereocenters. The molecular weight excluding hydrogens is 160 g/mol. The quantitative estimate of drug-likeness (QED) is 0.635. The highest BCUT2D eigenvalue weighted by Crippen LogP contribution is 2.39. The Kier molecular flexibility index (Phi) is 3.78. The first-order valence-electron chi connectivity index (χ1n) is 5.71. The van der Waals surface area contributed by atoms with Gasteiger partial charge < -0.3 is 4.74 Å². The van der Waals surface area contributed by atoms with E-state index in [-0.39, 0.29) is 0 Å². The average Bonchev–Trinajstić information content (AvgIpc) is 2.09. The van der Waals surface area contributed by atoms with Gasteiger partial charge in [0.2, 0.25) is 0 Å². The molecule has 1 fully saturated rings. The topological polar surface area (TPSA) is 9.23 Å². The lowest BCUT2D eigenvalue weighted by molar-refractivity contribution is -0.128. The van der Waals surface area contributed by atoms with E-state index < -0.39 is 0 Å². The van der Waals surface area contributed by atoms with Crippen molar-refractivity contribution >= 4 is 0 Å². The Morgan fingerprint density at radius 1 is 1.15 bits per heavy atom. The van der Waals surface area contributed by atoms with Crippen LogP contribution in [0.3, 0.4) is 0 Å². The third-order valence-electron chi connectivity index (χ3n) is 3.94. The van der Waals surface area contributed by atoms with E-state index in [9.17, 15) is 0 Å². The second-order valence-corrected chi connectivity index (χ2v) is 4.91. The maximum Gasteiger partial charge on any atom is 0.0544 e. The van der Waals surface area contributed by atoms with E-state index in [1.807, 2.05) is 0 Å². The van der Waals surface area contributed by atoms with Crippen LogP contribution in [0, 0.1) is 17.3 Å². The first kappa shape index (κ1) is 11.0. The van der Waals surface area contributed by atoms with Crippen molar-refractivity contribution in [3.63, 3.8) is 0 Å². The first-order chi connectivity index (χ1) is 6.13. The maximum atomic E-state index is 5.34. The van der Waals surface area contributed by atoms with E-state index in [2.05, 4.69) is 27.7 Å². The molecule has 1 aliphatic rings. The summed E-state index contributed by atoms with van der Waals surface area (Å²) < 4.78 is 5.34. The molecule has 1 aliphatic heterocycles. The predicted molar refractivity (Wildman–Crippen MR) is 56.8 cm³/mol. The zero-order valence-corrected chi connectivity index (χ0v) is 9.60. The van der Waals surface area contributed by atoms with Gasteiger partial charge in [-0.2, -0.15) is 0 Å². The summed E-state index contributed by atoms with van der Waals surface area (Å²) in [4.78, 5) is 0. The minimum atomic E-state index is 0.544. The van der Waals surface area contributed by atoms with Crippen LogP contribution in [0.1, 0.15) is 47.0 Å². The van der Waals surface area contributed by atoms with Crippen LogP contribution >= 0.6 is 0 Å². The van der Waals surface area contributed by atoms with E-state index in [0.29, 0.717) is 5.41 Å². The van der Waals surface area contributed by atoms with Gasteiger partial charge in [-0.25, -0.2) is 0 Å². The minimum Gasteiger partial charge on any atom is -0.380 e. The van der Waals surface area contributed by atoms with Crippen molar-refractivity contribution in [3.8, 4) is 0 Å². The monoisotopic (exact) mass is 184 g/mol.